The topological polar surface area (TPSA) is 105 Å². The molecule has 5 N–H and O–H groups in total. The van der Waals surface area contributed by atoms with Crippen molar-refractivity contribution in [3.8, 4) is 0 Å². The Balaban J connectivity index is 1.95. The van der Waals surface area contributed by atoms with Crippen LogP contribution in [0.5, 0.6) is 0 Å². The maximum absolute atomic E-state index is 11.3. The third kappa shape index (κ3) is 2.02. The number of nitrogen functional groups attached to an aromatic ring is 1. The summed E-state index contributed by atoms with van der Waals surface area (Å²) >= 11 is 0. The minimum absolute atomic E-state index is 0.224. The summed E-state index contributed by atoms with van der Waals surface area (Å²) in [7, 11) is 0. The second-order valence-corrected chi connectivity index (χ2v) is 5.41. The zero-order chi connectivity index (χ0) is 13.6. The molecule has 2 fully saturated rings. The van der Waals surface area contributed by atoms with E-state index in [-0.39, 0.29) is 6.10 Å². The van der Waals surface area contributed by atoms with Gasteiger partial charge < -0.3 is 21.5 Å². The van der Waals surface area contributed by atoms with E-state index in [2.05, 4.69) is 9.88 Å². The monoisotopic (exact) mass is 262 g/mol. The smallest absolute Gasteiger partial charge is 0.250 e. The highest BCUT2D eigenvalue weighted by molar-refractivity contribution is 5.98. The van der Waals surface area contributed by atoms with E-state index in [9.17, 15) is 9.90 Å². The van der Waals surface area contributed by atoms with Crippen molar-refractivity contribution in [2.24, 2.45) is 5.73 Å². The average Bonchev–Trinajstić information content (AvgIpc) is 2.63. The van der Waals surface area contributed by atoms with Gasteiger partial charge in [-0.05, 0) is 31.7 Å². The molecule has 1 aromatic rings. The molecule has 3 rings (SSSR count). The van der Waals surface area contributed by atoms with Gasteiger partial charge in [-0.2, -0.15) is 0 Å². The number of pyridine rings is 1. The first-order valence-corrected chi connectivity index (χ1v) is 6.58. The van der Waals surface area contributed by atoms with E-state index in [1.165, 1.54) is 6.20 Å². The summed E-state index contributed by atoms with van der Waals surface area (Å²) in [4.78, 5) is 17.9. The van der Waals surface area contributed by atoms with Gasteiger partial charge in [0, 0.05) is 12.1 Å². The Hall–Kier alpha value is -1.82. The van der Waals surface area contributed by atoms with Crippen LogP contribution in [0.15, 0.2) is 12.3 Å². The molecule has 0 spiro atoms. The number of amides is 1. The molecule has 1 amide bonds. The maximum atomic E-state index is 11.3. The predicted molar refractivity (Wildman–Crippen MR) is 71.7 cm³/mol. The SMILES string of the molecule is NC(=O)c1cc(N2C3CCC2CC(O)C3)ncc1N. The van der Waals surface area contributed by atoms with Crippen LogP contribution >= 0.6 is 0 Å². The van der Waals surface area contributed by atoms with Gasteiger partial charge in [0.05, 0.1) is 23.6 Å². The summed E-state index contributed by atoms with van der Waals surface area (Å²) in [5, 5.41) is 9.80. The highest BCUT2D eigenvalue weighted by Crippen LogP contribution is 2.38. The molecule has 1 aromatic heterocycles. The Labute approximate surface area is 111 Å². The molecular weight excluding hydrogens is 244 g/mol. The molecule has 2 aliphatic heterocycles. The van der Waals surface area contributed by atoms with Crippen LogP contribution in [-0.2, 0) is 0 Å². The summed E-state index contributed by atoms with van der Waals surface area (Å²) < 4.78 is 0. The van der Waals surface area contributed by atoms with Crippen LogP contribution in [0.2, 0.25) is 0 Å². The van der Waals surface area contributed by atoms with Crippen molar-refractivity contribution >= 4 is 17.4 Å². The number of piperidine rings is 1. The number of fused-ring (bicyclic) bond motifs is 2. The molecule has 2 unspecified atom stereocenters. The number of aromatic nitrogens is 1. The van der Waals surface area contributed by atoms with Gasteiger partial charge in [0.1, 0.15) is 5.82 Å². The molecule has 3 heterocycles. The zero-order valence-corrected chi connectivity index (χ0v) is 10.6. The van der Waals surface area contributed by atoms with Crippen LogP contribution in [0.1, 0.15) is 36.0 Å². The molecule has 6 nitrogen and oxygen atoms in total. The molecule has 0 aliphatic carbocycles. The lowest BCUT2D eigenvalue weighted by molar-refractivity contribution is 0.100. The van der Waals surface area contributed by atoms with Crippen molar-refractivity contribution in [3.63, 3.8) is 0 Å². The highest BCUT2D eigenvalue weighted by atomic mass is 16.3. The molecule has 0 radical (unpaired) electrons. The van der Waals surface area contributed by atoms with Gasteiger partial charge >= 0.3 is 0 Å². The van der Waals surface area contributed by atoms with E-state index in [1.54, 1.807) is 6.07 Å². The van der Waals surface area contributed by atoms with E-state index in [1.807, 2.05) is 0 Å². The van der Waals surface area contributed by atoms with Gasteiger partial charge in [-0.3, -0.25) is 4.79 Å². The minimum atomic E-state index is -0.537. The average molecular weight is 262 g/mol. The summed E-state index contributed by atoms with van der Waals surface area (Å²) in [5.74, 6) is 0.202. The van der Waals surface area contributed by atoms with Crippen LogP contribution in [0.25, 0.3) is 0 Å². The lowest BCUT2D eigenvalue weighted by atomic mass is 9.99. The molecule has 19 heavy (non-hydrogen) atoms. The van der Waals surface area contributed by atoms with Crippen LogP contribution in [0.3, 0.4) is 0 Å². The first-order valence-electron chi connectivity index (χ1n) is 6.58. The lowest BCUT2D eigenvalue weighted by Crippen LogP contribution is -2.45. The Morgan fingerprint density at radius 2 is 2.00 bits per heavy atom. The fourth-order valence-corrected chi connectivity index (χ4v) is 3.33. The maximum Gasteiger partial charge on any atom is 0.250 e. The van der Waals surface area contributed by atoms with E-state index < -0.39 is 5.91 Å². The molecule has 102 valence electrons. The number of nitrogens with zero attached hydrogens (tertiary/aromatic N) is 2. The van der Waals surface area contributed by atoms with Gasteiger partial charge in [0.25, 0.3) is 5.91 Å². The van der Waals surface area contributed by atoms with Crippen molar-refractivity contribution in [1.29, 1.82) is 0 Å². The Kier molecular flexibility index (Phi) is 2.82. The summed E-state index contributed by atoms with van der Waals surface area (Å²) in [6.07, 6.45) is 4.89. The Bertz CT molecular complexity index is 505. The molecular formula is C13H18N4O2. The van der Waals surface area contributed by atoms with Gasteiger partial charge in [-0.1, -0.05) is 0 Å². The molecule has 0 saturated carbocycles. The summed E-state index contributed by atoms with van der Waals surface area (Å²) in [6, 6.07) is 2.26. The number of aliphatic hydroxyl groups is 1. The van der Waals surface area contributed by atoms with Gasteiger partial charge in [0.2, 0.25) is 0 Å². The van der Waals surface area contributed by atoms with Crippen molar-refractivity contribution in [1.82, 2.24) is 4.98 Å². The second kappa shape index (κ2) is 4.38. The normalized spacial score (nSPS) is 29.5. The van der Waals surface area contributed by atoms with Gasteiger partial charge in [-0.15, -0.1) is 0 Å². The fourth-order valence-electron chi connectivity index (χ4n) is 3.33. The lowest BCUT2D eigenvalue weighted by Gasteiger charge is -2.38. The summed E-state index contributed by atoms with van der Waals surface area (Å²) in [5.41, 5.74) is 11.6. The number of hydrogen-bond acceptors (Lipinski definition) is 5. The Morgan fingerprint density at radius 3 is 2.58 bits per heavy atom. The molecule has 2 saturated heterocycles. The minimum Gasteiger partial charge on any atom is -0.397 e. The summed E-state index contributed by atoms with van der Waals surface area (Å²) in [6.45, 7) is 0. The number of anilines is 2. The number of carbonyl (C=O) groups excluding carboxylic acids is 1. The highest BCUT2D eigenvalue weighted by Gasteiger charge is 2.40. The first-order chi connectivity index (χ1) is 9.06. The van der Waals surface area contributed by atoms with Crippen molar-refractivity contribution in [2.75, 3.05) is 10.6 Å². The molecule has 2 atom stereocenters. The van der Waals surface area contributed by atoms with E-state index in [4.69, 9.17) is 11.5 Å². The number of rotatable bonds is 2. The molecule has 6 heteroatoms. The van der Waals surface area contributed by atoms with Crippen LogP contribution in [0, 0.1) is 0 Å². The Morgan fingerprint density at radius 1 is 1.37 bits per heavy atom. The quantitative estimate of drug-likeness (QED) is 0.708. The third-order valence-corrected chi connectivity index (χ3v) is 4.16. The fraction of sp³-hybridized carbons (Fsp3) is 0.538. The molecule has 0 aromatic carbocycles. The predicted octanol–water partition coefficient (Wildman–Crippen LogP) is 0.255. The standard InChI is InChI=1S/C13H18N4O2/c14-11-6-16-12(5-10(11)13(15)19)17-7-1-2-8(17)4-9(18)3-7/h5-9,18H,1-4,14H2,(H2,15,19). The largest absolute Gasteiger partial charge is 0.397 e. The number of nitrogens with two attached hydrogens (primary N) is 2. The van der Waals surface area contributed by atoms with Gasteiger partial charge in [0.15, 0.2) is 0 Å². The van der Waals surface area contributed by atoms with Crippen molar-refractivity contribution in [3.05, 3.63) is 17.8 Å². The van der Waals surface area contributed by atoms with Crippen molar-refractivity contribution in [2.45, 2.75) is 43.9 Å². The van der Waals surface area contributed by atoms with E-state index >= 15 is 0 Å². The van der Waals surface area contributed by atoms with Crippen LogP contribution in [-0.4, -0.2) is 34.2 Å². The number of primary amides is 1. The molecule has 2 bridgehead atoms. The second-order valence-electron chi connectivity index (χ2n) is 5.41. The zero-order valence-electron chi connectivity index (χ0n) is 10.6. The first kappa shape index (κ1) is 12.2. The number of carbonyl (C=O) groups is 1. The van der Waals surface area contributed by atoms with E-state index in [0.717, 1.165) is 31.5 Å². The third-order valence-electron chi connectivity index (χ3n) is 4.16. The van der Waals surface area contributed by atoms with E-state index in [0.29, 0.717) is 23.3 Å². The van der Waals surface area contributed by atoms with Crippen LogP contribution < -0.4 is 16.4 Å². The number of aliphatic hydroxyl groups excluding tert-OH is 1. The van der Waals surface area contributed by atoms with Gasteiger partial charge in [-0.25, -0.2) is 4.98 Å². The number of hydrogen-bond donors (Lipinski definition) is 3. The van der Waals surface area contributed by atoms with Crippen molar-refractivity contribution < 1.29 is 9.90 Å². The molecule has 2 aliphatic rings. The van der Waals surface area contributed by atoms with Crippen LogP contribution in [0.4, 0.5) is 11.5 Å².